The number of piperidine rings is 1. The molecular weight excluding hydrogens is 470 g/mol. The zero-order valence-electron chi connectivity index (χ0n) is 20.8. The van der Waals surface area contributed by atoms with E-state index in [0.29, 0.717) is 13.1 Å². The van der Waals surface area contributed by atoms with Gasteiger partial charge in [-0.1, -0.05) is 57.0 Å². The molecule has 1 aromatic carbocycles. The van der Waals surface area contributed by atoms with Gasteiger partial charge in [0.25, 0.3) is 5.91 Å². The predicted molar refractivity (Wildman–Crippen MR) is 146 cm³/mol. The summed E-state index contributed by atoms with van der Waals surface area (Å²) in [5.41, 5.74) is 1.86. The lowest BCUT2D eigenvalue weighted by Crippen LogP contribution is -2.55. The molecule has 5 heteroatoms. The molecule has 185 valence electrons. The van der Waals surface area contributed by atoms with Crippen molar-refractivity contribution in [2.24, 2.45) is 5.92 Å². The summed E-state index contributed by atoms with van der Waals surface area (Å²) in [6, 6.07) is 14.1. The first-order valence-electron chi connectivity index (χ1n) is 12.8. The average Bonchev–Trinajstić information content (AvgIpc) is 3.67. The summed E-state index contributed by atoms with van der Waals surface area (Å²) in [5.74, 6) is -0.114. The Morgan fingerprint density at radius 3 is 2.23 bits per heavy atom. The molecule has 1 atom stereocenters. The van der Waals surface area contributed by atoms with Crippen molar-refractivity contribution in [1.29, 1.82) is 0 Å². The summed E-state index contributed by atoms with van der Waals surface area (Å²) in [4.78, 5) is 16.0. The van der Waals surface area contributed by atoms with Crippen LogP contribution in [0.2, 0.25) is 0 Å². The van der Waals surface area contributed by atoms with Crippen molar-refractivity contribution in [2.75, 3.05) is 13.1 Å². The lowest BCUT2D eigenvalue weighted by Gasteiger charge is -2.47. The first kappa shape index (κ1) is 24.7. The van der Waals surface area contributed by atoms with Crippen molar-refractivity contribution in [3.8, 4) is 0 Å². The van der Waals surface area contributed by atoms with Gasteiger partial charge in [-0.15, -0.1) is 0 Å². The Morgan fingerprint density at radius 1 is 0.971 bits per heavy atom. The molecule has 1 saturated heterocycles. The van der Waals surface area contributed by atoms with E-state index in [2.05, 4.69) is 53.9 Å². The van der Waals surface area contributed by atoms with Crippen LogP contribution in [-0.2, 0) is 21.2 Å². The minimum Gasteiger partial charge on any atom is -0.375 e. The Bertz CT molecular complexity index is 1090. The molecule has 2 aromatic heterocycles. The number of carbonyl (C=O) groups excluding carboxylic acids is 1. The highest BCUT2D eigenvalue weighted by Gasteiger charge is 2.50. The van der Waals surface area contributed by atoms with Crippen LogP contribution in [0.5, 0.6) is 0 Å². The molecule has 1 unspecified atom stereocenters. The van der Waals surface area contributed by atoms with Crippen molar-refractivity contribution >= 4 is 28.6 Å². The van der Waals surface area contributed by atoms with Gasteiger partial charge in [-0.25, -0.2) is 0 Å². The summed E-state index contributed by atoms with van der Waals surface area (Å²) in [7, 11) is 0. The fourth-order valence-electron chi connectivity index (χ4n) is 6.39. The van der Waals surface area contributed by atoms with Crippen molar-refractivity contribution in [2.45, 2.75) is 68.8 Å². The fraction of sp³-hybridized carbons (Fsp3) is 0.467. The van der Waals surface area contributed by atoms with Gasteiger partial charge in [0.1, 0.15) is 0 Å². The molecule has 3 nitrogen and oxygen atoms in total. The van der Waals surface area contributed by atoms with Gasteiger partial charge in [0.15, 0.2) is 5.60 Å². The smallest absolute Gasteiger partial charge is 0.259 e. The van der Waals surface area contributed by atoms with Gasteiger partial charge in [0.05, 0.1) is 0 Å². The number of carbonyl (C=O) groups is 1. The Balaban J connectivity index is 1.40. The molecule has 5 rings (SSSR count). The van der Waals surface area contributed by atoms with E-state index in [-0.39, 0.29) is 22.7 Å². The van der Waals surface area contributed by atoms with Gasteiger partial charge in [-0.3, -0.25) is 4.79 Å². The minimum atomic E-state index is -1.43. The van der Waals surface area contributed by atoms with Gasteiger partial charge >= 0.3 is 0 Å². The molecule has 1 aliphatic heterocycles. The standard InChI is InChI=1S/C30H36NO2S2/c1-28(2,25-12-18-34-20-25)22-29(26-13-19-35-21-26)14-16-31(17-15-29)27(32)30(33,24-10-6-7-11-24)23-8-4-3-5-9-23/h3-5,8-9,12-13,18-22,24,33H,6-7,10-11,14-17H2,1-2H3. The molecule has 35 heavy (non-hydrogen) atoms. The number of rotatable bonds is 7. The summed E-state index contributed by atoms with van der Waals surface area (Å²) < 4.78 is 0. The molecule has 3 heterocycles. The zero-order valence-corrected chi connectivity index (χ0v) is 22.4. The van der Waals surface area contributed by atoms with Crippen LogP contribution >= 0.6 is 22.7 Å². The molecule has 0 spiro atoms. The molecule has 1 aliphatic carbocycles. The summed E-state index contributed by atoms with van der Waals surface area (Å²) in [5, 5.41) is 20.9. The third-order valence-corrected chi connectivity index (χ3v) is 9.79. The lowest BCUT2D eigenvalue weighted by molar-refractivity contribution is -0.161. The monoisotopic (exact) mass is 506 g/mol. The van der Waals surface area contributed by atoms with Crippen molar-refractivity contribution < 1.29 is 9.90 Å². The van der Waals surface area contributed by atoms with Gasteiger partial charge in [-0.2, -0.15) is 22.7 Å². The average molecular weight is 507 g/mol. The van der Waals surface area contributed by atoms with Crippen LogP contribution in [0, 0.1) is 12.3 Å². The fourth-order valence-corrected chi connectivity index (χ4v) is 7.99. The van der Waals surface area contributed by atoms with E-state index in [0.717, 1.165) is 44.1 Å². The van der Waals surface area contributed by atoms with Gasteiger partial charge in [-0.05, 0) is 87.9 Å². The third kappa shape index (κ3) is 4.63. The van der Waals surface area contributed by atoms with E-state index >= 15 is 0 Å². The minimum absolute atomic E-state index is 0.00922. The summed E-state index contributed by atoms with van der Waals surface area (Å²) in [6.45, 7) is 5.92. The number of aliphatic hydroxyl groups is 1. The third-order valence-electron chi connectivity index (χ3n) is 8.43. The molecule has 2 fully saturated rings. The van der Waals surface area contributed by atoms with E-state index in [1.54, 1.807) is 22.7 Å². The van der Waals surface area contributed by atoms with E-state index in [1.165, 1.54) is 11.1 Å². The second-order valence-electron chi connectivity index (χ2n) is 11.0. The topological polar surface area (TPSA) is 40.5 Å². The summed E-state index contributed by atoms with van der Waals surface area (Å²) in [6.07, 6.45) is 8.27. The lowest BCUT2D eigenvalue weighted by atomic mass is 9.63. The number of hydrogen-bond donors (Lipinski definition) is 1. The Labute approximate surface area is 217 Å². The number of benzene rings is 1. The van der Waals surface area contributed by atoms with Crippen LogP contribution in [0.25, 0.3) is 0 Å². The highest BCUT2D eigenvalue weighted by Crippen LogP contribution is 2.47. The molecule has 1 radical (unpaired) electrons. The van der Waals surface area contributed by atoms with Crippen LogP contribution in [-0.4, -0.2) is 29.0 Å². The van der Waals surface area contributed by atoms with Crippen molar-refractivity contribution in [3.05, 3.63) is 87.1 Å². The Hall–Kier alpha value is -1.95. The molecule has 3 aromatic rings. The van der Waals surface area contributed by atoms with Crippen molar-refractivity contribution in [3.63, 3.8) is 0 Å². The number of nitrogens with zero attached hydrogens (tertiary/aromatic N) is 1. The maximum absolute atomic E-state index is 14.0. The van der Waals surface area contributed by atoms with Crippen LogP contribution in [0.4, 0.5) is 0 Å². The van der Waals surface area contributed by atoms with Crippen LogP contribution in [0.3, 0.4) is 0 Å². The molecular formula is C30H36NO2S2. The Morgan fingerprint density at radius 2 is 1.63 bits per heavy atom. The zero-order chi connectivity index (χ0) is 24.5. The van der Waals surface area contributed by atoms with E-state index in [9.17, 15) is 9.90 Å². The van der Waals surface area contributed by atoms with Crippen LogP contribution < -0.4 is 0 Å². The molecule has 2 aliphatic rings. The molecule has 1 amide bonds. The normalized spacial score (nSPS) is 20.6. The quantitative estimate of drug-likeness (QED) is 0.377. The number of likely N-dealkylation sites (tertiary alicyclic amines) is 1. The highest BCUT2D eigenvalue weighted by atomic mass is 32.1. The molecule has 1 saturated carbocycles. The number of amides is 1. The largest absolute Gasteiger partial charge is 0.375 e. The van der Waals surface area contributed by atoms with E-state index in [4.69, 9.17) is 0 Å². The first-order chi connectivity index (χ1) is 16.9. The SMILES string of the molecule is CC(C)([CH]C1(c2ccsc2)CCN(C(=O)C(O)(c2ccccc2)C2CCCC2)CC1)c1ccsc1. The first-order valence-corrected chi connectivity index (χ1v) is 14.7. The van der Waals surface area contributed by atoms with Crippen LogP contribution in [0.1, 0.15) is 69.1 Å². The van der Waals surface area contributed by atoms with Gasteiger partial charge < -0.3 is 10.0 Å². The number of thiophene rings is 2. The Kier molecular flexibility index (Phi) is 6.95. The molecule has 1 N–H and O–H groups in total. The maximum atomic E-state index is 14.0. The highest BCUT2D eigenvalue weighted by molar-refractivity contribution is 7.08. The van der Waals surface area contributed by atoms with Gasteiger partial charge in [0, 0.05) is 24.4 Å². The molecule has 0 bridgehead atoms. The van der Waals surface area contributed by atoms with Gasteiger partial charge in [0.2, 0.25) is 0 Å². The second kappa shape index (κ2) is 9.84. The van der Waals surface area contributed by atoms with Crippen molar-refractivity contribution in [1.82, 2.24) is 4.90 Å². The predicted octanol–water partition coefficient (Wildman–Crippen LogP) is 6.93. The van der Waals surface area contributed by atoms with E-state index in [1.807, 2.05) is 35.2 Å². The number of hydrogen-bond acceptors (Lipinski definition) is 4. The second-order valence-corrected chi connectivity index (χ2v) is 12.5. The van der Waals surface area contributed by atoms with Crippen LogP contribution in [0.15, 0.2) is 64.0 Å². The van der Waals surface area contributed by atoms with E-state index < -0.39 is 5.60 Å². The summed E-state index contributed by atoms with van der Waals surface area (Å²) >= 11 is 3.49. The maximum Gasteiger partial charge on any atom is 0.259 e.